The Morgan fingerprint density at radius 2 is 0.833 bits per heavy atom. The molecule has 170 valence electrons. The molecule has 0 saturated heterocycles. The van der Waals surface area contributed by atoms with Crippen LogP contribution in [0, 0.1) is 0 Å². The molecule has 30 heavy (non-hydrogen) atoms. The van der Waals surface area contributed by atoms with E-state index in [4.69, 9.17) is 18.9 Å². The fourth-order valence-electron chi connectivity index (χ4n) is 1.95. The first-order valence-corrected chi connectivity index (χ1v) is 10.0. The molecule has 0 N–H and O–H groups in total. The zero-order chi connectivity index (χ0) is 22.8. The highest BCUT2D eigenvalue weighted by atomic mass is 16.6. The number of ketones is 2. The third-order valence-electron chi connectivity index (χ3n) is 3.68. The molecule has 0 fully saturated rings. The quantitative estimate of drug-likeness (QED) is 0.144. The minimum absolute atomic E-state index is 0.00218. The predicted octanol–water partition coefficient (Wildman–Crippen LogP) is 1.46. The molecule has 0 aromatic rings. The predicted molar refractivity (Wildman–Crippen MR) is 102 cm³/mol. The second kappa shape index (κ2) is 17.1. The molecule has 0 bridgehead atoms. The first-order valence-electron chi connectivity index (χ1n) is 10.0. The third kappa shape index (κ3) is 14.3. The summed E-state index contributed by atoms with van der Waals surface area (Å²) in [6, 6.07) is 0. The average molecular weight is 430 g/mol. The van der Waals surface area contributed by atoms with Gasteiger partial charge in [0.05, 0.1) is 26.4 Å². The van der Waals surface area contributed by atoms with E-state index in [-0.39, 0.29) is 52.1 Å². The topological polar surface area (TPSA) is 139 Å². The largest absolute Gasteiger partial charge is 0.466 e. The van der Waals surface area contributed by atoms with Crippen molar-refractivity contribution in [1.29, 1.82) is 0 Å². The van der Waals surface area contributed by atoms with E-state index in [2.05, 4.69) is 0 Å². The molecule has 0 amide bonds. The number of carbonyl (C=O) groups is 6. The normalized spacial score (nSPS) is 10.1. The van der Waals surface area contributed by atoms with E-state index in [1.165, 1.54) is 0 Å². The monoisotopic (exact) mass is 430 g/mol. The molecule has 0 radical (unpaired) electrons. The molecule has 0 heterocycles. The minimum atomic E-state index is -0.886. The van der Waals surface area contributed by atoms with Gasteiger partial charge >= 0.3 is 23.9 Å². The highest BCUT2D eigenvalue weighted by molar-refractivity contribution is 6.33. The summed E-state index contributed by atoms with van der Waals surface area (Å²) in [4.78, 5) is 67.3. The molecule has 0 rings (SSSR count). The molecule has 0 atom stereocenters. The Labute approximate surface area is 175 Å². The van der Waals surface area contributed by atoms with Crippen LogP contribution in [0.5, 0.6) is 0 Å². The fourth-order valence-corrected chi connectivity index (χ4v) is 1.95. The Balaban J connectivity index is 3.57. The minimum Gasteiger partial charge on any atom is -0.466 e. The lowest BCUT2D eigenvalue weighted by molar-refractivity contribution is -0.154. The maximum absolute atomic E-state index is 11.5. The molecule has 10 heteroatoms. The number of unbranched alkanes of at least 4 members (excludes halogenated alkanes) is 1. The van der Waals surface area contributed by atoms with Gasteiger partial charge in [-0.3, -0.25) is 19.2 Å². The van der Waals surface area contributed by atoms with E-state index in [0.717, 1.165) is 0 Å². The van der Waals surface area contributed by atoms with Gasteiger partial charge in [-0.2, -0.15) is 0 Å². The van der Waals surface area contributed by atoms with E-state index in [1.54, 1.807) is 13.8 Å². The van der Waals surface area contributed by atoms with E-state index in [9.17, 15) is 28.8 Å². The molecule has 0 saturated carbocycles. The fraction of sp³-hybridized carbons (Fsp3) is 0.700. The molecular formula is C20H30O10. The molecule has 0 aliphatic rings. The average Bonchev–Trinajstić information content (AvgIpc) is 2.74. The van der Waals surface area contributed by atoms with Crippen molar-refractivity contribution in [2.75, 3.05) is 26.4 Å². The summed E-state index contributed by atoms with van der Waals surface area (Å²) < 4.78 is 19.3. The Kier molecular flexibility index (Phi) is 15.5. The lowest BCUT2D eigenvalue weighted by Gasteiger charge is -2.06. The summed E-state index contributed by atoms with van der Waals surface area (Å²) in [6.07, 6.45) is 1.93. The van der Waals surface area contributed by atoms with Crippen molar-refractivity contribution >= 4 is 35.4 Å². The maximum atomic E-state index is 11.5. The zero-order valence-corrected chi connectivity index (χ0v) is 17.6. The number of rotatable bonds is 17. The van der Waals surface area contributed by atoms with Crippen LogP contribution >= 0.6 is 0 Å². The van der Waals surface area contributed by atoms with Crippen molar-refractivity contribution < 1.29 is 47.7 Å². The molecule has 0 aliphatic heterocycles. The van der Waals surface area contributed by atoms with Crippen molar-refractivity contribution in [3.05, 3.63) is 0 Å². The van der Waals surface area contributed by atoms with Crippen molar-refractivity contribution in [2.24, 2.45) is 0 Å². The Morgan fingerprint density at radius 1 is 0.500 bits per heavy atom. The van der Waals surface area contributed by atoms with Crippen LogP contribution in [0.15, 0.2) is 0 Å². The van der Waals surface area contributed by atoms with Gasteiger partial charge in [0.2, 0.25) is 11.6 Å². The number of ether oxygens (including phenoxy) is 4. The van der Waals surface area contributed by atoms with Crippen LogP contribution in [0.4, 0.5) is 0 Å². The summed E-state index contributed by atoms with van der Waals surface area (Å²) in [5.41, 5.74) is 0. The Hall–Kier alpha value is -2.78. The summed E-state index contributed by atoms with van der Waals surface area (Å²) in [7, 11) is 0. The SMILES string of the molecule is CCC(=O)C(=O)OCCCOC(=O)CCCCC(=O)OCCCOC(=O)C(=O)CC. The van der Waals surface area contributed by atoms with Crippen LogP contribution in [0.3, 0.4) is 0 Å². The van der Waals surface area contributed by atoms with Crippen molar-refractivity contribution in [2.45, 2.75) is 65.2 Å². The van der Waals surface area contributed by atoms with E-state index in [0.29, 0.717) is 25.7 Å². The Bertz CT molecular complexity index is 544. The van der Waals surface area contributed by atoms with Crippen molar-refractivity contribution in [3.63, 3.8) is 0 Å². The van der Waals surface area contributed by atoms with Crippen LogP contribution in [-0.2, 0) is 47.7 Å². The maximum Gasteiger partial charge on any atom is 0.374 e. The van der Waals surface area contributed by atoms with Crippen LogP contribution < -0.4 is 0 Å². The van der Waals surface area contributed by atoms with E-state index >= 15 is 0 Å². The highest BCUT2D eigenvalue weighted by Gasteiger charge is 2.13. The molecule has 0 unspecified atom stereocenters. The van der Waals surface area contributed by atoms with Crippen LogP contribution in [0.2, 0.25) is 0 Å². The van der Waals surface area contributed by atoms with Gasteiger partial charge in [-0.15, -0.1) is 0 Å². The molecule has 10 nitrogen and oxygen atoms in total. The lowest BCUT2D eigenvalue weighted by atomic mass is 10.2. The van der Waals surface area contributed by atoms with Gasteiger partial charge in [0.1, 0.15) is 0 Å². The first kappa shape index (κ1) is 27.2. The summed E-state index contributed by atoms with van der Waals surface area (Å²) >= 11 is 0. The summed E-state index contributed by atoms with van der Waals surface area (Å²) in [6.45, 7) is 3.26. The molecular weight excluding hydrogens is 400 g/mol. The second-order valence-corrected chi connectivity index (χ2v) is 6.18. The second-order valence-electron chi connectivity index (χ2n) is 6.18. The van der Waals surface area contributed by atoms with Gasteiger partial charge in [-0.05, 0) is 12.8 Å². The number of Topliss-reactive ketones (excluding diaryl/α,β-unsaturated/α-hetero) is 2. The van der Waals surface area contributed by atoms with Crippen molar-refractivity contribution in [3.8, 4) is 0 Å². The smallest absolute Gasteiger partial charge is 0.374 e. The van der Waals surface area contributed by atoms with Gasteiger partial charge in [0, 0.05) is 38.5 Å². The Morgan fingerprint density at radius 3 is 1.17 bits per heavy atom. The molecule has 0 aliphatic carbocycles. The van der Waals surface area contributed by atoms with E-state index in [1.807, 2.05) is 0 Å². The van der Waals surface area contributed by atoms with Gasteiger partial charge < -0.3 is 18.9 Å². The molecule has 0 aromatic heterocycles. The number of hydrogen-bond donors (Lipinski definition) is 0. The number of esters is 4. The third-order valence-corrected chi connectivity index (χ3v) is 3.68. The molecule has 0 aromatic carbocycles. The zero-order valence-electron chi connectivity index (χ0n) is 17.6. The standard InChI is InChI=1S/C20H30O10/c1-3-15(21)19(25)29-13-7-11-27-17(23)9-5-6-10-18(24)28-12-8-14-30-20(26)16(22)4-2/h3-14H2,1-2H3. The lowest BCUT2D eigenvalue weighted by Crippen LogP contribution is -2.18. The molecule has 0 spiro atoms. The number of hydrogen-bond acceptors (Lipinski definition) is 10. The summed E-state index contributed by atoms with van der Waals surface area (Å²) in [5, 5.41) is 0. The van der Waals surface area contributed by atoms with Gasteiger partial charge in [-0.1, -0.05) is 13.8 Å². The highest BCUT2D eigenvalue weighted by Crippen LogP contribution is 2.04. The van der Waals surface area contributed by atoms with Gasteiger partial charge in [0.25, 0.3) is 0 Å². The van der Waals surface area contributed by atoms with E-state index < -0.39 is 35.4 Å². The van der Waals surface area contributed by atoms with Crippen molar-refractivity contribution in [1.82, 2.24) is 0 Å². The van der Waals surface area contributed by atoms with Crippen LogP contribution in [0.25, 0.3) is 0 Å². The first-order chi connectivity index (χ1) is 14.3. The van der Waals surface area contributed by atoms with Gasteiger partial charge in [0.15, 0.2) is 0 Å². The van der Waals surface area contributed by atoms with Crippen LogP contribution in [-0.4, -0.2) is 61.9 Å². The van der Waals surface area contributed by atoms with Crippen LogP contribution in [0.1, 0.15) is 65.2 Å². The summed E-state index contributed by atoms with van der Waals surface area (Å²) in [5.74, 6) is -3.83. The number of carbonyl (C=O) groups excluding carboxylic acids is 6. The van der Waals surface area contributed by atoms with Gasteiger partial charge in [-0.25, -0.2) is 9.59 Å².